The molecule has 5 nitrogen and oxygen atoms in total. The standard InChI is InChI=1S/C21H14N4O/c1-13-20(16-6-2-3-7-17(16)24-13)21(26)14(11-22)10-15-12-23-18-8-4-5-9-19(18)25-15/h2-10,12,24H,1H3/b14-10+. The number of fused-ring (bicyclic) bond motifs is 2. The minimum Gasteiger partial charge on any atom is -0.358 e. The number of nitriles is 1. The number of allylic oxidation sites excluding steroid dienone is 1. The Morgan fingerprint density at radius 1 is 1.12 bits per heavy atom. The monoisotopic (exact) mass is 338 g/mol. The lowest BCUT2D eigenvalue weighted by molar-refractivity contribution is 0.104. The second kappa shape index (κ2) is 6.26. The third kappa shape index (κ3) is 2.64. The summed E-state index contributed by atoms with van der Waals surface area (Å²) in [5.74, 6) is -0.322. The highest BCUT2D eigenvalue weighted by atomic mass is 16.1. The molecule has 4 rings (SSSR count). The molecule has 0 unspecified atom stereocenters. The van der Waals surface area contributed by atoms with Crippen LogP contribution in [0.5, 0.6) is 0 Å². The minimum absolute atomic E-state index is 0.0300. The summed E-state index contributed by atoms with van der Waals surface area (Å²) in [7, 11) is 0. The number of hydrogen-bond donors (Lipinski definition) is 1. The van der Waals surface area contributed by atoms with E-state index in [0.717, 1.165) is 22.1 Å². The van der Waals surface area contributed by atoms with E-state index in [9.17, 15) is 10.1 Å². The fourth-order valence-corrected chi connectivity index (χ4v) is 3.04. The molecule has 0 saturated carbocycles. The van der Waals surface area contributed by atoms with Crippen LogP contribution in [0, 0.1) is 18.3 Å². The van der Waals surface area contributed by atoms with E-state index in [1.165, 1.54) is 6.08 Å². The van der Waals surface area contributed by atoms with Gasteiger partial charge >= 0.3 is 0 Å². The number of benzene rings is 2. The summed E-state index contributed by atoms with van der Waals surface area (Å²) in [6, 6.07) is 17.0. The number of aromatic nitrogens is 3. The topological polar surface area (TPSA) is 82.4 Å². The van der Waals surface area contributed by atoms with E-state index in [1.807, 2.05) is 61.5 Å². The zero-order valence-electron chi connectivity index (χ0n) is 14.0. The average molecular weight is 338 g/mol. The van der Waals surface area contributed by atoms with Gasteiger partial charge in [0.25, 0.3) is 0 Å². The van der Waals surface area contributed by atoms with Crippen molar-refractivity contribution in [2.45, 2.75) is 6.92 Å². The summed E-state index contributed by atoms with van der Waals surface area (Å²) in [4.78, 5) is 25.0. The number of rotatable bonds is 3. The maximum Gasteiger partial charge on any atom is 0.206 e. The van der Waals surface area contributed by atoms with Gasteiger partial charge in [-0.05, 0) is 31.2 Å². The Morgan fingerprint density at radius 2 is 1.85 bits per heavy atom. The molecule has 0 aliphatic rings. The van der Waals surface area contributed by atoms with Gasteiger partial charge < -0.3 is 4.98 Å². The zero-order valence-corrected chi connectivity index (χ0v) is 14.0. The number of hydrogen-bond acceptors (Lipinski definition) is 4. The van der Waals surface area contributed by atoms with Crippen LogP contribution in [0.15, 0.2) is 60.3 Å². The molecule has 26 heavy (non-hydrogen) atoms. The van der Waals surface area contributed by atoms with Crippen LogP contribution in [-0.4, -0.2) is 20.7 Å². The maximum atomic E-state index is 13.0. The Labute approximate surface area is 149 Å². The van der Waals surface area contributed by atoms with Crippen molar-refractivity contribution in [2.75, 3.05) is 0 Å². The Morgan fingerprint density at radius 3 is 2.65 bits per heavy atom. The van der Waals surface area contributed by atoms with E-state index in [1.54, 1.807) is 6.20 Å². The Balaban J connectivity index is 1.80. The fraction of sp³-hybridized carbons (Fsp3) is 0.0476. The largest absolute Gasteiger partial charge is 0.358 e. The highest BCUT2D eigenvalue weighted by Gasteiger charge is 2.19. The van der Waals surface area contributed by atoms with Gasteiger partial charge in [-0.25, -0.2) is 4.98 Å². The van der Waals surface area contributed by atoms with Crippen LogP contribution in [0.2, 0.25) is 0 Å². The van der Waals surface area contributed by atoms with Gasteiger partial charge in [0.15, 0.2) is 0 Å². The summed E-state index contributed by atoms with van der Waals surface area (Å²) in [5, 5.41) is 10.3. The molecular formula is C21H14N4O. The van der Waals surface area contributed by atoms with Crippen LogP contribution < -0.4 is 0 Å². The van der Waals surface area contributed by atoms with Gasteiger partial charge in [0.1, 0.15) is 11.6 Å². The number of nitrogens with zero attached hydrogens (tertiary/aromatic N) is 3. The predicted octanol–water partition coefficient (Wildman–Crippen LogP) is 4.21. The van der Waals surface area contributed by atoms with Gasteiger partial charge in [-0.2, -0.15) is 5.26 Å². The number of para-hydroxylation sites is 3. The molecular weight excluding hydrogens is 324 g/mol. The van der Waals surface area contributed by atoms with Crippen molar-refractivity contribution in [2.24, 2.45) is 0 Å². The molecule has 2 heterocycles. The first-order valence-corrected chi connectivity index (χ1v) is 8.13. The Kier molecular flexibility index (Phi) is 3.79. The van der Waals surface area contributed by atoms with Gasteiger partial charge in [-0.3, -0.25) is 9.78 Å². The lowest BCUT2D eigenvalue weighted by Crippen LogP contribution is -2.03. The molecule has 0 aliphatic heterocycles. The molecule has 124 valence electrons. The predicted molar refractivity (Wildman–Crippen MR) is 100 cm³/mol. The molecule has 0 bridgehead atoms. The summed E-state index contributed by atoms with van der Waals surface area (Å²) in [6.45, 7) is 1.83. The molecule has 0 atom stereocenters. The third-order valence-electron chi connectivity index (χ3n) is 4.25. The van der Waals surface area contributed by atoms with Crippen LogP contribution in [0.25, 0.3) is 28.0 Å². The SMILES string of the molecule is Cc1[nH]c2ccccc2c1C(=O)/C(C#N)=C/c1cnc2ccccc2n1. The second-order valence-corrected chi connectivity index (χ2v) is 5.95. The molecule has 1 N–H and O–H groups in total. The number of H-pyrrole nitrogens is 1. The van der Waals surface area contributed by atoms with Crippen LogP contribution in [0.3, 0.4) is 0 Å². The van der Waals surface area contributed by atoms with E-state index >= 15 is 0 Å². The lowest BCUT2D eigenvalue weighted by atomic mass is 10.0. The highest BCUT2D eigenvalue weighted by Crippen LogP contribution is 2.25. The number of nitrogens with one attached hydrogen (secondary N) is 1. The van der Waals surface area contributed by atoms with E-state index < -0.39 is 0 Å². The number of aryl methyl sites for hydroxylation is 1. The lowest BCUT2D eigenvalue weighted by Gasteiger charge is -2.01. The Bertz CT molecular complexity index is 1230. The first kappa shape index (κ1) is 15.7. The number of ketones is 1. The number of Topliss-reactive ketones (excluding diaryl/α,β-unsaturated/α-hetero) is 1. The fourth-order valence-electron chi connectivity index (χ4n) is 3.04. The van der Waals surface area contributed by atoms with E-state index in [-0.39, 0.29) is 11.4 Å². The van der Waals surface area contributed by atoms with Crippen molar-refractivity contribution in [3.63, 3.8) is 0 Å². The molecule has 0 fully saturated rings. The van der Waals surface area contributed by atoms with Crippen molar-refractivity contribution in [1.29, 1.82) is 5.26 Å². The number of aromatic amines is 1. The summed E-state index contributed by atoms with van der Waals surface area (Å²) in [5.41, 5.74) is 4.12. The second-order valence-electron chi connectivity index (χ2n) is 5.95. The van der Waals surface area contributed by atoms with Gasteiger partial charge in [-0.1, -0.05) is 30.3 Å². The smallest absolute Gasteiger partial charge is 0.206 e. The normalized spacial score (nSPS) is 11.6. The molecule has 0 radical (unpaired) electrons. The van der Waals surface area contributed by atoms with Crippen LogP contribution in [-0.2, 0) is 0 Å². The molecule has 5 heteroatoms. The highest BCUT2D eigenvalue weighted by molar-refractivity contribution is 6.20. The van der Waals surface area contributed by atoms with Crippen LogP contribution in [0.4, 0.5) is 0 Å². The molecule has 0 saturated heterocycles. The summed E-state index contributed by atoms with van der Waals surface area (Å²) >= 11 is 0. The van der Waals surface area contributed by atoms with E-state index in [2.05, 4.69) is 15.0 Å². The molecule has 0 amide bonds. The molecule has 0 spiro atoms. The molecule has 4 aromatic rings. The van der Waals surface area contributed by atoms with Gasteiger partial charge in [0, 0.05) is 16.6 Å². The molecule has 0 aliphatic carbocycles. The first-order valence-electron chi connectivity index (χ1n) is 8.13. The van der Waals surface area contributed by atoms with Crippen molar-refractivity contribution in [3.8, 4) is 6.07 Å². The minimum atomic E-state index is -0.322. The zero-order chi connectivity index (χ0) is 18.1. The van der Waals surface area contributed by atoms with Gasteiger partial charge in [0.2, 0.25) is 5.78 Å². The quantitative estimate of drug-likeness (QED) is 0.345. The first-order chi connectivity index (χ1) is 12.7. The van der Waals surface area contributed by atoms with Crippen molar-refractivity contribution in [3.05, 3.63) is 77.3 Å². The average Bonchev–Trinajstić information content (AvgIpc) is 3.01. The number of carbonyl (C=O) groups is 1. The van der Waals surface area contributed by atoms with Crippen molar-refractivity contribution >= 4 is 33.8 Å². The maximum absolute atomic E-state index is 13.0. The summed E-state index contributed by atoms with van der Waals surface area (Å²) < 4.78 is 0. The Hall–Kier alpha value is -3.78. The third-order valence-corrected chi connectivity index (χ3v) is 4.25. The van der Waals surface area contributed by atoms with Gasteiger partial charge in [0.05, 0.1) is 28.5 Å². The van der Waals surface area contributed by atoms with E-state index in [4.69, 9.17) is 0 Å². The number of carbonyl (C=O) groups excluding carboxylic acids is 1. The molecule has 2 aromatic heterocycles. The van der Waals surface area contributed by atoms with E-state index in [0.29, 0.717) is 16.8 Å². The van der Waals surface area contributed by atoms with Crippen LogP contribution >= 0.6 is 0 Å². The van der Waals surface area contributed by atoms with Crippen LogP contribution in [0.1, 0.15) is 21.7 Å². The summed E-state index contributed by atoms with van der Waals surface area (Å²) in [6.07, 6.45) is 3.05. The van der Waals surface area contributed by atoms with Crippen molar-refractivity contribution < 1.29 is 4.79 Å². The van der Waals surface area contributed by atoms with Crippen molar-refractivity contribution in [1.82, 2.24) is 15.0 Å². The molecule has 2 aromatic carbocycles. The van der Waals surface area contributed by atoms with Gasteiger partial charge in [-0.15, -0.1) is 0 Å².